The summed E-state index contributed by atoms with van der Waals surface area (Å²) in [7, 11) is -2.70. The fourth-order valence-corrected chi connectivity index (χ4v) is 15.1. The lowest BCUT2D eigenvalue weighted by Crippen LogP contribution is -2.68. The lowest BCUT2D eigenvalue weighted by atomic mass is 9.67. The highest BCUT2D eigenvalue weighted by Gasteiger charge is 2.46. The van der Waals surface area contributed by atoms with Gasteiger partial charge in [-0.2, -0.15) is 0 Å². The Hall–Kier alpha value is -7.78. The first-order chi connectivity index (χ1) is 31.7. The van der Waals surface area contributed by atoms with Crippen molar-refractivity contribution in [1.29, 1.82) is 0 Å². The second-order valence-corrected chi connectivity index (χ2v) is 20.2. The molecule has 306 valence electrons. The van der Waals surface area contributed by atoms with E-state index in [1.165, 1.54) is 65.3 Å². The van der Waals surface area contributed by atoms with Gasteiger partial charge < -0.3 is 4.90 Å². The number of para-hydroxylation sites is 1. The first-order valence-corrected chi connectivity index (χ1v) is 24.2. The second kappa shape index (κ2) is 17.5. The summed E-state index contributed by atoms with van der Waals surface area (Å²) in [5.74, 6) is 0. The molecule has 9 aromatic rings. The van der Waals surface area contributed by atoms with Crippen molar-refractivity contribution in [3.8, 4) is 22.3 Å². The standard InChI is InChI=1S/C62H49NSi/c1-3-22-54(23-4-2)64(55-30-16-8-17-31-55,56-32-18-9-19-33-56)57-43-38-48(39-44-57)47-36-40-52(41-37-47)63(51-28-14-7-15-29-51)53-42-45-59-58-34-20-21-35-60(58)62(61(59)46-53,49-24-10-5-11-25-49)50-26-12-6-13-27-50/h3-46H,1H2,2H3/b23-4-,54-22+. The van der Waals surface area contributed by atoms with Crippen molar-refractivity contribution in [2.75, 3.05) is 4.90 Å². The fourth-order valence-electron chi connectivity index (χ4n) is 10.3. The molecule has 0 amide bonds. The number of hydrogen-bond donors (Lipinski definition) is 0. The minimum Gasteiger partial charge on any atom is -0.310 e. The van der Waals surface area contributed by atoms with Crippen LogP contribution in [0.5, 0.6) is 0 Å². The molecule has 0 aromatic heterocycles. The molecule has 10 rings (SSSR count). The number of nitrogens with zero attached hydrogens (tertiary/aromatic N) is 1. The summed E-state index contributed by atoms with van der Waals surface area (Å²) in [6.45, 7) is 6.25. The van der Waals surface area contributed by atoms with Gasteiger partial charge in [-0.15, -0.1) is 0 Å². The Kier molecular flexibility index (Phi) is 11.0. The zero-order valence-corrected chi connectivity index (χ0v) is 37.1. The van der Waals surface area contributed by atoms with Gasteiger partial charge in [-0.25, -0.2) is 0 Å². The van der Waals surface area contributed by atoms with Gasteiger partial charge in [0.1, 0.15) is 0 Å². The van der Waals surface area contributed by atoms with E-state index >= 15 is 0 Å². The minimum atomic E-state index is -2.70. The molecule has 2 heteroatoms. The molecule has 0 saturated heterocycles. The zero-order chi connectivity index (χ0) is 43.4. The highest BCUT2D eigenvalue weighted by Crippen LogP contribution is 2.57. The van der Waals surface area contributed by atoms with Gasteiger partial charge in [0.15, 0.2) is 8.07 Å². The Bertz CT molecular complexity index is 3000. The summed E-state index contributed by atoms with van der Waals surface area (Å²) in [5.41, 5.74) is 12.8. The van der Waals surface area contributed by atoms with Crippen molar-refractivity contribution < 1.29 is 0 Å². The van der Waals surface area contributed by atoms with Gasteiger partial charge in [0.25, 0.3) is 0 Å². The molecule has 64 heavy (non-hydrogen) atoms. The fraction of sp³-hybridized carbons (Fsp3) is 0.0323. The molecule has 0 saturated carbocycles. The number of allylic oxidation sites excluding steroid dienone is 5. The van der Waals surface area contributed by atoms with E-state index in [0.29, 0.717) is 0 Å². The van der Waals surface area contributed by atoms with Gasteiger partial charge in [0.05, 0.1) is 5.41 Å². The Morgan fingerprint density at radius 3 is 1.42 bits per heavy atom. The predicted octanol–water partition coefficient (Wildman–Crippen LogP) is 13.9. The van der Waals surface area contributed by atoms with Crippen LogP contribution in [0.15, 0.2) is 279 Å². The summed E-state index contributed by atoms with van der Waals surface area (Å²) in [6.07, 6.45) is 8.58. The van der Waals surface area contributed by atoms with E-state index in [2.05, 4.69) is 279 Å². The lowest BCUT2D eigenvalue weighted by molar-refractivity contribution is 0.768. The average molecular weight is 836 g/mol. The molecule has 0 spiro atoms. The van der Waals surface area contributed by atoms with Crippen LogP contribution < -0.4 is 20.5 Å². The molecule has 0 atom stereocenters. The number of hydrogen-bond acceptors (Lipinski definition) is 1. The molecule has 0 fully saturated rings. The Morgan fingerprint density at radius 1 is 0.438 bits per heavy atom. The minimum absolute atomic E-state index is 0.487. The first-order valence-electron chi connectivity index (χ1n) is 22.2. The molecular weight excluding hydrogens is 787 g/mol. The van der Waals surface area contributed by atoms with Crippen LogP contribution in [0.1, 0.15) is 29.2 Å². The van der Waals surface area contributed by atoms with Crippen molar-refractivity contribution >= 4 is 40.7 Å². The van der Waals surface area contributed by atoms with E-state index < -0.39 is 13.5 Å². The topological polar surface area (TPSA) is 3.24 Å². The smallest absolute Gasteiger partial charge is 0.179 e. The predicted molar refractivity (Wildman–Crippen MR) is 274 cm³/mol. The third-order valence-electron chi connectivity index (χ3n) is 13.0. The summed E-state index contributed by atoms with van der Waals surface area (Å²) < 4.78 is 0. The molecule has 0 N–H and O–H groups in total. The van der Waals surface area contributed by atoms with Crippen LogP contribution >= 0.6 is 0 Å². The quantitative estimate of drug-likeness (QED) is 0.0673. The molecule has 1 aliphatic carbocycles. The first kappa shape index (κ1) is 40.3. The molecule has 0 unspecified atom stereocenters. The second-order valence-electron chi connectivity index (χ2n) is 16.4. The van der Waals surface area contributed by atoms with Gasteiger partial charge in [-0.3, -0.25) is 0 Å². The summed E-state index contributed by atoms with van der Waals surface area (Å²) >= 11 is 0. The van der Waals surface area contributed by atoms with Crippen molar-refractivity contribution in [3.63, 3.8) is 0 Å². The van der Waals surface area contributed by atoms with E-state index in [4.69, 9.17) is 0 Å². The van der Waals surface area contributed by atoms with Gasteiger partial charge in [0.2, 0.25) is 0 Å². The number of benzene rings is 9. The van der Waals surface area contributed by atoms with Gasteiger partial charge in [-0.05, 0) is 109 Å². The molecule has 0 bridgehead atoms. The van der Waals surface area contributed by atoms with Crippen LogP contribution in [0, 0.1) is 0 Å². The van der Waals surface area contributed by atoms with Crippen LogP contribution in [0.2, 0.25) is 0 Å². The van der Waals surface area contributed by atoms with Crippen LogP contribution in [0.4, 0.5) is 17.1 Å². The molecule has 0 radical (unpaired) electrons. The maximum absolute atomic E-state index is 4.15. The summed E-state index contributed by atoms with van der Waals surface area (Å²) in [6, 6.07) is 89.3. The maximum atomic E-state index is 4.15. The number of rotatable bonds is 12. The Labute approximate surface area is 379 Å². The Morgan fingerprint density at radius 2 is 0.875 bits per heavy atom. The molecule has 1 aliphatic rings. The summed E-state index contributed by atoms with van der Waals surface area (Å²) in [4.78, 5) is 2.39. The van der Waals surface area contributed by atoms with Gasteiger partial charge in [0, 0.05) is 17.1 Å². The Balaban J connectivity index is 1.08. The van der Waals surface area contributed by atoms with Gasteiger partial charge >= 0.3 is 0 Å². The third kappa shape index (κ3) is 6.80. The van der Waals surface area contributed by atoms with Crippen LogP contribution in [0.25, 0.3) is 22.3 Å². The van der Waals surface area contributed by atoms with E-state index in [0.717, 1.165) is 17.1 Å². The van der Waals surface area contributed by atoms with Crippen molar-refractivity contribution in [2.45, 2.75) is 12.3 Å². The monoisotopic (exact) mass is 835 g/mol. The van der Waals surface area contributed by atoms with Crippen LogP contribution in [-0.2, 0) is 5.41 Å². The van der Waals surface area contributed by atoms with Crippen molar-refractivity contribution in [1.82, 2.24) is 0 Å². The largest absolute Gasteiger partial charge is 0.310 e. The maximum Gasteiger partial charge on any atom is 0.179 e. The molecule has 9 aromatic carbocycles. The van der Waals surface area contributed by atoms with Crippen LogP contribution in [-0.4, -0.2) is 8.07 Å². The highest BCUT2D eigenvalue weighted by molar-refractivity contribution is 7.16. The highest BCUT2D eigenvalue weighted by atomic mass is 28.3. The molecule has 0 heterocycles. The van der Waals surface area contributed by atoms with E-state index in [1.807, 2.05) is 6.08 Å². The van der Waals surface area contributed by atoms with Gasteiger partial charge in [-0.1, -0.05) is 237 Å². The van der Waals surface area contributed by atoms with Crippen LogP contribution in [0.3, 0.4) is 0 Å². The zero-order valence-electron chi connectivity index (χ0n) is 36.1. The van der Waals surface area contributed by atoms with E-state index in [-0.39, 0.29) is 0 Å². The molecular formula is C62H49NSi. The summed E-state index contributed by atoms with van der Waals surface area (Å²) in [5, 5.41) is 5.30. The lowest BCUT2D eigenvalue weighted by Gasteiger charge is -2.35. The molecule has 1 nitrogen and oxygen atoms in total. The normalized spacial score (nSPS) is 13.0. The number of anilines is 3. The average Bonchev–Trinajstić information content (AvgIpc) is 3.67. The van der Waals surface area contributed by atoms with E-state index in [9.17, 15) is 0 Å². The van der Waals surface area contributed by atoms with E-state index in [1.54, 1.807) is 0 Å². The number of fused-ring (bicyclic) bond motifs is 3. The third-order valence-corrected chi connectivity index (χ3v) is 17.8. The van der Waals surface area contributed by atoms with Crippen molar-refractivity contribution in [3.05, 3.63) is 301 Å². The van der Waals surface area contributed by atoms with Crippen molar-refractivity contribution in [2.24, 2.45) is 0 Å². The SMILES string of the molecule is C=C/C=C(\C=C/C)[Si](c1ccccc1)(c1ccccc1)c1ccc(-c2ccc(N(c3ccccc3)c3ccc4c(c3)C(c3ccccc3)(c3ccccc3)c3ccccc3-4)cc2)cc1. The molecule has 0 aliphatic heterocycles.